The van der Waals surface area contributed by atoms with Crippen LogP contribution in [-0.4, -0.2) is 24.7 Å². The Morgan fingerprint density at radius 3 is 2.97 bits per heavy atom. The zero-order chi connectivity index (χ0) is 21.1. The summed E-state index contributed by atoms with van der Waals surface area (Å²) in [6.07, 6.45) is 13.1. The van der Waals surface area contributed by atoms with Crippen molar-refractivity contribution >= 4 is 27.6 Å². The highest BCUT2D eigenvalue weighted by molar-refractivity contribution is 9.10. The van der Waals surface area contributed by atoms with Gasteiger partial charge in [-0.05, 0) is 37.8 Å². The molecule has 0 radical (unpaired) electrons. The number of esters is 1. The maximum Gasteiger partial charge on any atom is 0.305 e. The van der Waals surface area contributed by atoms with Gasteiger partial charge in [0.2, 0.25) is 0 Å². The van der Waals surface area contributed by atoms with Crippen LogP contribution in [0.3, 0.4) is 0 Å². The van der Waals surface area contributed by atoms with Gasteiger partial charge in [-0.2, -0.15) is 0 Å². The molecule has 1 aromatic rings. The van der Waals surface area contributed by atoms with Gasteiger partial charge in [0.25, 0.3) is 0 Å². The first-order chi connectivity index (χ1) is 14.6. The van der Waals surface area contributed by atoms with Crippen LogP contribution >= 0.6 is 15.9 Å². The fourth-order valence-corrected chi connectivity index (χ4v) is 5.26. The first-order valence-electron chi connectivity index (χ1n) is 11.0. The number of carbonyl (C=O) groups is 1. The van der Waals surface area contributed by atoms with E-state index in [1.54, 1.807) is 0 Å². The number of ether oxygens (including phenoxy) is 2. The molecule has 4 rings (SSSR count). The summed E-state index contributed by atoms with van der Waals surface area (Å²) < 4.78 is 27.5. The van der Waals surface area contributed by atoms with E-state index in [-0.39, 0.29) is 42.6 Å². The van der Waals surface area contributed by atoms with Crippen LogP contribution in [0.15, 0.2) is 40.9 Å². The second kappa shape index (κ2) is 9.65. The molecule has 6 heteroatoms. The minimum absolute atomic E-state index is 0.104. The predicted octanol–water partition coefficient (Wildman–Crippen LogP) is 6.08. The molecular weight excluding hydrogens is 449 g/mol. The molecule has 1 saturated heterocycles. The molecule has 0 amide bonds. The Morgan fingerprint density at radius 1 is 1.33 bits per heavy atom. The average Bonchev–Trinajstić information content (AvgIpc) is 2.76. The summed E-state index contributed by atoms with van der Waals surface area (Å²) in [5, 5.41) is 3.50. The van der Waals surface area contributed by atoms with Crippen LogP contribution in [0.1, 0.15) is 57.1 Å². The number of fused-ring (bicyclic) bond motifs is 3. The highest BCUT2D eigenvalue weighted by atomic mass is 79.9. The number of benzene rings is 1. The normalized spacial score (nSPS) is 29.6. The number of allylic oxidation sites excluding steroid dienone is 3. The van der Waals surface area contributed by atoms with Gasteiger partial charge in [-0.3, -0.25) is 4.79 Å². The molecule has 1 N–H and O–H groups in total. The lowest BCUT2D eigenvalue weighted by Gasteiger charge is -2.47. The highest BCUT2D eigenvalue weighted by Crippen LogP contribution is 2.49. The van der Waals surface area contributed by atoms with Crippen molar-refractivity contribution in [2.24, 2.45) is 11.8 Å². The Balaban J connectivity index is 1.54. The van der Waals surface area contributed by atoms with Crippen molar-refractivity contribution in [3.05, 3.63) is 52.3 Å². The summed E-state index contributed by atoms with van der Waals surface area (Å²) in [6, 6.07) is 3.55. The van der Waals surface area contributed by atoms with Gasteiger partial charge < -0.3 is 14.8 Å². The van der Waals surface area contributed by atoms with E-state index in [0.29, 0.717) is 22.5 Å². The molecule has 0 spiro atoms. The van der Waals surface area contributed by atoms with Gasteiger partial charge in [-0.1, -0.05) is 53.6 Å². The zero-order valence-electron chi connectivity index (χ0n) is 17.3. The molecule has 162 valence electrons. The van der Waals surface area contributed by atoms with E-state index in [1.807, 2.05) is 6.07 Å². The number of hydrogen-bond acceptors (Lipinski definition) is 4. The Labute approximate surface area is 186 Å². The van der Waals surface area contributed by atoms with Crippen LogP contribution in [0.25, 0.3) is 0 Å². The smallest absolute Gasteiger partial charge is 0.305 e. The fraction of sp³-hybridized carbons (Fsp3) is 0.542. The Morgan fingerprint density at radius 2 is 2.20 bits per heavy atom. The molecule has 1 fully saturated rings. The standard InChI is InChI=1S/C24H29BrFNO3/c1-2-3-9-21(28)29-14-17-10-11-18-22(15-7-5-4-6-8-15)27-23-19(24(18)30-17)12-16(25)13-20(23)26/h4-7,12-13,15,17-18,22,24,27H,2-3,8-11,14H2,1H3/t15?,17-,18+,22+,24+/m1/s1. The molecule has 1 aliphatic carbocycles. The molecule has 1 aromatic carbocycles. The zero-order valence-corrected chi connectivity index (χ0v) is 18.9. The van der Waals surface area contributed by atoms with E-state index < -0.39 is 0 Å². The Hall–Kier alpha value is -1.66. The van der Waals surface area contributed by atoms with Crippen molar-refractivity contribution in [3.8, 4) is 0 Å². The monoisotopic (exact) mass is 477 g/mol. The van der Waals surface area contributed by atoms with Gasteiger partial charge in [-0.15, -0.1) is 0 Å². The third-order valence-electron chi connectivity index (χ3n) is 6.35. The fourth-order valence-electron chi connectivity index (χ4n) is 4.81. The third-order valence-corrected chi connectivity index (χ3v) is 6.81. The molecule has 1 unspecified atom stereocenters. The van der Waals surface area contributed by atoms with Crippen LogP contribution < -0.4 is 5.32 Å². The molecule has 0 aromatic heterocycles. The Bertz CT molecular complexity index is 840. The molecule has 0 saturated carbocycles. The van der Waals surface area contributed by atoms with E-state index >= 15 is 0 Å². The third kappa shape index (κ3) is 4.65. The molecular formula is C24H29BrFNO3. The van der Waals surface area contributed by atoms with Crippen LogP contribution in [-0.2, 0) is 14.3 Å². The summed E-state index contributed by atoms with van der Waals surface area (Å²) >= 11 is 3.43. The second-order valence-electron chi connectivity index (χ2n) is 8.44. The number of halogens is 2. The first kappa shape index (κ1) is 21.6. The predicted molar refractivity (Wildman–Crippen MR) is 119 cm³/mol. The molecule has 4 nitrogen and oxygen atoms in total. The highest BCUT2D eigenvalue weighted by Gasteiger charge is 2.45. The summed E-state index contributed by atoms with van der Waals surface area (Å²) in [5.74, 6) is 0.0964. The summed E-state index contributed by atoms with van der Waals surface area (Å²) in [6.45, 7) is 2.32. The van der Waals surface area contributed by atoms with Crippen molar-refractivity contribution in [2.45, 2.75) is 63.7 Å². The van der Waals surface area contributed by atoms with Crippen LogP contribution in [0.5, 0.6) is 0 Å². The van der Waals surface area contributed by atoms with Gasteiger partial charge in [0, 0.05) is 34.3 Å². The number of anilines is 1. The van der Waals surface area contributed by atoms with Crippen LogP contribution in [0, 0.1) is 17.7 Å². The maximum atomic E-state index is 14.9. The lowest BCUT2D eigenvalue weighted by Crippen LogP contribution is -2.47. The average molecular weight is 478 g/mol. The number of carbonyl (C=O) groups excluding carboxylic acids is 1. The minimum Gasteiger partial charge on any atom is -0.463 e. The lowest BCUT2D eigenvalue weighted by molar-refractivity contribution is -0.157. The summed E-state index contributed by atoms with van der Waals surface area (Å²) in [5.41, 5.74) is 1.38. The van der Waals surface area contributed by atoms with E-state index in [0.717, 1.165) is 37.7 Å². The van der Waals surface area contributed by atoms with Gasteiger partial charge in [0.1, 0.15) is 12.4 Å². The quantitative estimate of drug-likeness (QED) is 0.503. The number of hydrogen-bond donors (Lipinski definition) is 1. The second-order valence-corrected chi connectivity index (χ2v) is 9.36. The van der Waals surface area contributed by atoms with Gasteiger partial charge in [-0.25, -0.2) is 4.39 Å². The first-order valence-corrected chi connectivity index (χ1v) is 11.8. The minimum atomic E-state index is -0.269. The number of unbranched alkanes of at least 4 members (excludes halogenated alkanes) is 1. The molecule has 2 aliphatic heterocycles. The van der Waals surface area contributed by atoms with Crippen molar-refractivity contribution in [2.75, 3.05) is 11.9 Å². The molecule has 3 aliphatic rings. The molecule has 2 heterocycles. The van der Waals surface area contributed by atoms with Gasteiger partial charge in [0.15, 0.2) is 0 Å². The SMILES string of the molecule is CCCCC(=O)OC[C@H]1CC[C@@H]2[C@H](O1)c1cc(Br)cc(F)c1N[C@H]2C1C=CC=CC1. The van der Waals surface area contributed by atoms with Crippen LogP contribution in [0.2, 0.25) is 0 Å². The van der Waals surface area contributed by atoms with Crippen molar-refractivity contribution in [1.29, 1.82) is 0 Å². The summed E-state index contributed by atoms with van der Waals surface area (Å²) in [7, 11) is 0. The van der Waals surface area contributed by atoms with Crippen molar-refractivity contribution < 1.29 is 18.7 Å². The molecule has 30 heavy (non-hydrogen) atoms. The van der Waals surface area contributed by atoms with E-state index in [9.17, 15) is 9.18 Å². The van der Waals surface area contributed by atoms with Crippen molar-refractivity contribution in [3.63, 3.8) is 0 Å². The lowest BCUT2D eigenvalue weighted by atomic mass is 9.73. The van der Waals surface area contributed by atoms with E-state index in [1.165, 1.54) is 6.07 Å². The van der Waals surface area contributed by atoms with Crippen LogP contribution in [0.4, 0.5) is 10.1 Å². The number of rotatable bonds is 6. The molecule has 5 atom stereocenters. The van der Waals surface area contributed by atoms with Gasteiger partial charge >= 0.3 is 5.97 Å². The van der Waals surface area contributed by atoms with E-state index in [4.69, 9.17) is 9.47 Å². The topological polar surface area (TPSA) is 47.6 Å². The Kier molecular flexibility index (Phi) is 6.94. The summed E-state index contributed by atoms with van der Waals surface area (Å²) in [4.78, 5) is 11.9. The molecule has 0 bridgehead atoms. The van der Waals surface area contributed by atoms with Crippen molar-refractivity contribution in [1.82, 2.24) is 0 Å². The van der Waals surface area contributed by atoms with E-state index in [2.05, 4.69) is 52.5 Å². The largest absolute Gasteiger partial charge is 0.463 e. The van der Waals surface area contributed by atoms with Gasteiger partial charge in [0.05, 0.1) is 17.9 Å². The maximum absolute atomic E-state index is 14.9. The number of nitrogens with one attached hydrogen (secondary N) is 1.